The Kier molecular flexibility index (Phi) is 6.42. The monoisotopic (exact) mass is 350 g/mol. The zero-order chi connectivity index (χ0) is 19.3. The predicted molar refractivity (Wildman–Crippen MR) is 110 cm³/mol. The van der Waals surface area contributed by atoms with E-state index >= 15 is 0 Å². The lowest BCUT2D eigenvalue weighted by atomic mass is 9.77. The van der Waals surface area contributed by atoms with Gasteiger partial charge in [0, 0.05) is 11.1 Å². The molecule has 0 unspecified atom stereocenters. The average Bonchev–Trinajstić information content (AvgIpc) is 2.61. The average molecular weight is 351 g/mol. The standard InChI is InChI=1S/C24H30O2/c1-6-7-11-14-24(4,5)19-15-20(17(2)3)23(26)21(16-19)22(25)18-12-9-8-10-13-18/h8-10,12-13,15-16,26H,2,6-7,11,14H2,1,3-5H3. The van der Waals surface area contributed by atoms with Crippen molar-refractivity contribution in [3.63, 3.8) is 0 Å². The van der Waals surface area contributed by atoms with Crippen molar-refractivity contribution in [3.05, 3.63) is 71.3 Å². The van der Waals surface area contributed by atoms with Crippen molar-refractivity contribution < 1.29 is 9.90 Å². The molecule has 138 valence electrons. The van der Waals surface area contributed by atoms with E-state index < -0.39 is 0 Å². The van der Waals surface area contributed by atoms with Gasteiger partial charge >= 0.3 is 0 Å². The number of phenolic OH excluding ortho intramolecular Hbond substituents is 1. The van der Waals surface area contributed by atoms with Crippen molar-refractivity contribution in [2.24, 2.45) is 0 Å². The number of ketones is 1. The predicted octanol–water partition coefficient (Wildman–Crippen LogP) is 6.51. The molecule has 0 aliphatic rings. The molecule has 1 N–H and O–H groups in total. The maximum atomic E-state index is 13.0. The number of rotatable bonds is 8. The topological polar surface area (TPSA) is 37.3 Å². The van der Waals surface area contributed by atoms with Crippen molar-refractivity contribution in [1.82, 2.24) is 0 Å². The first-order valence-electron chi connectivity index (χ1n) is 9.41. The van der Waals surface area contributed by atoms with Gasteiger partial charge in [0.1, 0.15) is 5.75 Å². The number of allylic oxidation sites excluding steroid dienone is 1. The number of hydrogen-bond donors (Lipinski definition) is 1. The molecule has 0 saturated carbocycles. The van der Waals surface area contributed by atoms with Gasteiger partial charge in [0.2, 0.25) is 0 Å². The smallest absolute Gasteiger partial charge is 0.196 e. The second-order valence-corrected chi connectivity index (χ2v) is 7.74. The van der Waals surface area contributed by atoms with E-state index in [1.165, 1.54) is 12.8 Å². The van der Waals surface area contributed by atoms with Crippen LogP contribution in [0.2, 0.25) is 0 Å². The summed E-state index contributed by atoms with van der Waals surface area (Å²) in [6.45, 7) is 12.5. The Morgan fingerprint density at radius 2 is 1.69 bits per heavy atom. The minimum atomic E-state index is -0.156. The van der Waals surface area contributed by atoms with Crippen LogP contribution in [0, 0.1) is 0 Å². The molecule has 0 fully saturated rings. The van der Waals surface area contributed by atoms with Gasteiger partial charge in [0.05, 0.1) is 5.56 Å². The first-order valence-corrected chi connectivity index (χ1v) is 9.41. The van der Waals surface area contributed by atoms with Crippen LogP contribution in [-0.4, -0.2) is 10.9 Å². The molecule has 0 aromatic heterocycles. The van der Waals surface area contributed by atoms with Crippen LogP contribution in [0.4, 0.5) is 0 Å². The van der Waals surface area contributed by atoms with Crippen LogP contribution >= 0.6 is 0 Å². The maximum absolute atomic E-state index is 13.0. The van der Waals surface area contributed by atoms with Gasteiger partial charge in [-0.15, -0.1) is 0 Å². The highest BCUT2D eigenvalue weighted by Crippen LogP contribution is 2.37. The molecule has 2 heteroatoms. The summed E-state index contributed by atoms with van der Waals surface area (Å²) < 4.78 is 0. The number of unbranched alkanes of at least 4 members (excludes halogenated alkanes) is 2. The van der Waals surface area contributed by atoms with E-state index in [0.717, 1.165) is 24.0 Å². The summed E-state index contributed by atoms with van der Waals surface area (Å²) in [4.78, 5) is 13.0. The third kappa shape index (κ3) is 4.43. The van der Waals surface area contributed by atoms with Crippen LogP contribution in [0.1, 0.15) is 80.4 Å². The highest BCUT2D eigenvalue weighted by atomic mass is 16.3. The number of carbonyl (C=O) groups is 1. The molecule has 26 heavy (non-hydrogen) atoms. The Morgan fingerprint density at radius 1 is 1.08 bits per heavy atom. The number of phenols is 1. The first-order chi connectivity index (χ1) is 12.3. The minimum absolute atomic E-state index is 0.0273. The molecule has 2 aromatic rings. The van der Waals surface area contributed by atoms with Crippen molar-refractivity contribution >= 4 is 11.4 Å². The molecular formula is C24H30O2. The van der Waals surface area contributed by atoms with Crippen LogP contribution in [-0.2, 0) is 5.41 Å². The summed E-state index contributed by atoms with van der Waals surface area (Å²) >= 11 is 0. The Labute approximate surface area is 157 Å². The summed E-state index contributed by atoms with van der Waals surface area (Å²) in [6.07, 6.45) is 4.57. The number of hydrogen-bond acceptors (Lipinski definition) is 2. The summed E-state index contributed by atoms with van der Waals surface area (Å²) in [6, 6.07) is 13.0. The maximum Gasteiger partial charge on any atom is 0.196 e. The van der Waals surface area contributed by atoms with Crippen LogP contribution in [0.3, 0.4) is 0 Å². The molecular weight excluding hydrogens is 320 g/mol. The van der Waals surface area contributed by atoms with Crippen LogP contribution in [0.5, 0.6) is 5.75 Å². The molecule has 0 spiro atoms. The fourth-order valence-corrected chi connectivity index (χ4v) is 3.23. The van der Waals surface area contributed by atoms with Crippen molar-refractivity contribution in [3.8, 4) is 5.75 Å². The number of benzene rings is 2. The normalized spacial score (nSPS) is 11.4. The molecule has 0 bridgehead atoms. The Balaban J connectivity index is 2.53. The van der Waals surface area contributed by atoms with Crippen molar-refractivity contribution in [1.29, 1.82) is 0 Å². The van der Waals surface area contributed by atoms with Gasteiger partial charge in [0.25, 0.3) is 0 Å². The Bertz CT molecular complexity index is 785. The highest BCUT2D eigenvalue weighted by Gasteiger charge is 2.25. The van der Waals surface area contributed by atoms with E-state index in [1.807, 2.05) is 37.3 Å². The van der Waals surface area contributed by atoms with Gasteiger partial charge < -0.3 is 5.11 Å². The Hall–Kier alpha value is -2.35. The van der Waals surface area contributed by atoms with E-state index in [4.69, 9.17) is 0 Å². The highest BCUT2D eigenvalue weighted by molar-refractivity contribution is 6.11. The fraction of sp³-hybridized carbons (Fsp3) is 0.375. The molecule has 2 nitrogen and oxygen atoms in total. The molecule has 0 aliphatic carbocycles. The van der Waals surface area contributed by atoms with Crippen LogP contribution < -0.4 is 0 Å². The molecule has 0 heterocycles. The van der Waals surface area contributed by atoms with E-state index in [2.05, 4.69) is 27.4 Å². The molecule has 0 aliphatic heterocycles. The lowest BCUT2D eigenvalue weighted by Crippen LogP contribution is -2.18. The molecule has 0 atom stereocenters. The molecule has 0 saturated heterocycles. The fourth-order valence-electron chi connectivity index (χ4n) is 3.23. The Morgan fingerprint density at radius 3 is 2.27 bits per heavy atom. The quantitative estimate of drug-likeness (QED) is 0.435. The largest absolute Gasteiger partial charge is 0.507 e. The lowest BCUT2D eigenvalue weighted by molar-refractivity contribution is 0.103. The zero-order valence-electron chi connectivity index (χ0n) is 16.4. The summed E-state index contributed by atoms with van der Waals surface area (Å²) in [5.41, 5.74) is 3.36. The number of aromatic hydroxyl groups is 1. The van der Waals surface area contributed by atoms with E-state index in [1.54, 1.807) is 12.1 Å². The molecule has 0 amide bonds. The zero-order valence-corrected chi connectivity index (χ0v) is 16.4. The first kappa shape index (κ1) is 20.0. The third-order valence-electron chi connectivity index (χ3n) is 5.04. The van der Waals surface area contributed by atoms with E-state index in [-0.39, 0.29) is 16.9 Å². The van der Waals surface area contributed by atoms with Gasteiger partial charge in [-0.25, -0.2) is 0 Å². The molecule has 2 aromatic carbocycles. The van der Waals surface area contributed by atoms with Crippen molar-refractivity contribution in [2.75, 3.05) is 0 Å². The van der Waals surface area contributed by atoms with Gasteiger partial charge in [-0.05, 0) is 42.0 Å². The van der Waals surface area contributed by atoms with Gasteiger partial charge in [0.15, 0.2) is 5.78 Å². The second-order valence-electron chi connectivity index (χ2n) is 7.74. The summed E-state index contributed by atoms with van der Waals surface area (Å²) in [7, 11) is 0. The van der Waals surface area contributed by atoms with E-state index in [0.29, 0.717) is 16.7 Å². The van der Waals surface area contributed by atoms with E-state index in [9.17, 15) is 9.90 Å². The lowest BCUT2D eigenvalue weighted by Gasteiger charge is -2.27. The van der Waals surface area contributed by atoms with Gasteiger partial charge in [-0.2, -0.15) is 0 Å². The summed E-state index contributed by atoms with van der Waals surface area (Å²) in [5.74, 6) is -0.128. The van der Waals surface area contributed by atoms with Crippen LogP contribution in [0.25, 0.3) is 5.57 Å². The van der Waals surface area contributed by atoms with Crippen molar-refractivity contribution in [2.45, 2.75) is 58.8 Å². The SMILES string of the molecule is C=C(C)c1cc(C(C)(C)CCCCC)cc(C(=O)c2ccccc2)c1O. The number of carbonyl (C=O) groups excluding carboxylic acids is 1. The summed E-state index contributed by atoms with van der Waals surface area (Å²) in [5, 5.41) is 10.7. The molecule has 2 rings (SSSR count). The second kappa shape index (κ2) is 8.35. The van der Waals surface area contributed by atoms with Gasteiger partial charge in [-0.3, -0.25) is 4.79 Å². The molecule has 0 radical (unpaired) electrons. The minimum Gasteiger partial charge on any atom is -0.507 e. The van der Waals surface area contributed by atoms with Crippen LogP contribution in [0.15, 0.2) is 49.0 Å². The van der Waals surface area contributed by atoms with Gasteiger partial charge in [-0.1, -0.05) is 76.9 Å². The third-order valence-corrected chi connectivity index (χ3v) is 5.04.